The van der Waals surface area contributed by atoms with Crippen LogP contribution in [0, 0.1) is 0 Å². The quantitative estimate of drug-likeness (QED) is 0.534. The molecule has 0 N–H and O–H groups in total. The Kier molecular flexibility index (Phi) is 5.14. The Morgan fingerprint density at radius 1 is 1.12 bits per heavy atom. The van der Waals surface area contributed by atoms with Crippen molar-refractivity contribution in [2.24, 2.45) is 0 Å². The molecule has 0 saturated heterocycles. The van der Waals surface area contributed by atoms with Gasteiger partial charge in [0.25, 0.3) is 5.52 Å². The summed E-state index contributed by atoms with van der Waals surface area (Å²) in [5.74, 6) is 2.61. The number of anilines is 1. The zero-order valence-electron chi connectivity index (χ0n) is 18.5. The van der Waals surface area contributed by atoms with Crippen molar-refractivity contribution in [1.29, 1.82) is 0 Å². The molecule has 3 aliphatic rings. The Balaban J connectivity index is 0.00000216. The van der Waals surface area contributed by atoms with Gasteiger partial charge in [-0.2, -0.15) is 4.57 Å². The van der Waals surface area contributed by atoms with Crippen LogP contribution in [0.25, 0.3) is 22.7 Å². The van der Waals surface area contributed by atoms with Gasteiger partial charge < -0.3 is 36.4 Å². The Hall–Kier alpha value is -2.96. The minimum atomic E-state index is 0. The molecule has 32 heavy (non-hydrogen) atoms. The molecule has 1 aromatic heterocycles. The molecule has 3 aromatic rings. The number of fused-ring (bicyclic) bond motifs is 5. The normalized spacial score (nSPS) is 15.2. The molecule has 0 saturated carbocycles. The Morgan fingerprint density at radius 2 is 1.94 bits per heavy atom. The van der Waals surface area contributed by atoms with Gasteiger partial charge in [-0.1, -0.05) is 6.07 Å². The molecule has 7 heteroatoms. The third-order valence-electron chi connectivity index (χ3n) is 6.49. The van der Waals surface area contributed by atoms with Crippen LogP contribution in [0.3, 0.4) is 0 Å². The van der Waals surface area contributed by atoms with Crippen molar-refractivity contribution in [2.45, 2.75) is 13.0 Å². The van der Waals surface area contributed by atoms with Crippen LogP contribution in [0.1, 0.15) is 16.7 Å². The monoisotopic (exact) mass is 451 g/mol. The van der Waals surface area contributed by atoms with Crippen LogP contribution in [0.15, 0.2) is 36.5 Å². The average molecular weight is 452 g/mol. The maximum Gasteiger partial charge on any atom is 0.257 e. The molecule has 0 bridgehead atoms. The number of hydrogen-bond donors (Lipinski definition) is 0. The van der Waals surface area contributed by atoms with E-state index >= 15 is 0 Å². The Morgan fingerprint density at radius 3 is 2.72 bits per heavy atom. The topological polar surface area (TPSA) is 38.1 Å². The van der Waals surface area contributed by atoms with Gasteiger partial charge >= 0.3 is 0 Å². The number of aromatic nitrogens is 1. The van der Waals surface area contributed by atoms with Gasteiger partial charge in [-0.05, 0) is 55.9 Å². The van der Waals surface area contributed by atoms with E-state index in [0.717, 1.165) is 48.8 Å². The summed E-state index contributed by atoms with van der Waals surface area (Å²) in [6.07, 6.45) is 5.48. The number of nitrogens with zero attached hydrogens (tertiary/aromatic N) is 3. The fourth-order valence-electron chi connectivity index (χ4n) is 4.95. The van der Waals surface area contributed by atoms with Crippen molar-refractivity contribution in [3.05, 3.63) is 53.2 Å². The zero-order chi connectivity index (χ0) is 21.1. The van der Waals surface area contributed by atoms with Gasteiger partial charge in [0.05, 0.1) is 24.7 Å². The Labute approximate surface area is 194 Å². The lowest BCUT2D eigenvalue weighted by atomic mass is 9.90. The molecule has 0 radical (unpaired) electrons. The largest absolute Gasteiger partial charge is 1.00 e. The molecule has 166 valence electrons. The highest BCUT2D eigenvalue weighted by Gasteiger charge is 2.32. The maximum atomic E-state index is 5.79. The SMILES string of the molecule is COc1ccc2c3c(cc[n+](CCN(C)C)c13)N1CCc3cc4c(cc3C1=C2)OCO4.[Cl-]. The van der Waals surface area contributed by atoms with Crippen LogP contribution >= 0.6 is 0 Å². The first-order valence-corrected chi connectivity index (χ1v) is 10.7. The molecule has 0 spiro atoms. The highest BCUT2D eigenvalue weighted by molar-refractivity contribution is 6.10. The van der Waals surface area contributed by atoms with Crippen LogP contribution in [-0.2, 0) is 13.0 Å². The highest BCUT2D eigenvalue weighted by Crippen LogP contribution is 2.47. The van der Waals surface area contributed by atoms with Crippen molar-refractivity contribution in [2.75, 3.05) is 46.0 Å². The average Bonchev–Trinajstić information content (AvgIpc) is 3.24. The number of hydrogen-bond acceptors (Lipinski definition) is 5. The summed E-state index contributed by atoms with van der Waals surface area (Å²) in [6, 6.07) is 10.8. The van der Waals surface area contributed by atoms with E-state index in [-0.39, 0.29) is 12.4 Å². The molecule has 6 nitrogen and oxygen atoms in total. The molecular formula is C25H26ClN3O3. The van der Waals surface area contributed by atoms with Crippen molar-refractivity contribution >= 4 is 28.4 Å². The van der Waals surface area contributed by atoms with Crippen LogP contribution in [0.4, 0.5) is 5.69 Å². The van der Waals surface area contributed by atoms with E-state index in [2.05, 4.69) is 71.1 Å². The van der Waals surface area contributed by atoms with Crippen LogP contribution in [0.5, 0.6) is 17.2 Å². The van der Waals surface area contributed by atoms with Crippen molar-refractivity contribution < 1.29 is 31.2 Å². The number of halogens is 1. The minimum absolute atomic E-state index is 0. The highest BCUT2D eigenvalue weighted by atomic mass is 35.5. The van der Waals surface area contributed by atoms with Crippen LogP contribution in [0.2, 0.25) is 0 Å². The predicted molar refractivity (Wildman–Crippen MR) is 121 cm³/mol. The van der Waals surface area contributed by atoms with E-state index < -0.39 is 0 Å². The first kappa shape index (κ1) is 20.9. The number of methoxy groups -OCH3 is 1. The lowest BCUT2D eigenvalue weighted by molar-refractivity contribution is -0.670. The van der Waals surface area contributed by atoms with E-state index in [1.165, 1.54) is 33.5 Å². The van der Waals surface area contributed by atoms with Gasteiger partial charge in [-0.3, -0.25) is 0 Å². The summed E-state index contributed by atoms with van der Waals surface area (Å²) in [6.45, 7) is 3.12. The molecule has 0 atom stereocenters. The van der Waals surface area contributed by atoms with Gasteiger partial charge in [0.15, 0.2) is 30.0 Å². The first-order chi connectivity index (χ1) is 15.1. The first-order valence-electron chi connectivity index (χ1n) is 10.7. The maximum absolute atomic E-state index is 5.79. The summed E-state index contributed by atoms with van der Waals surface area (Å²) in [7, 11) is 5.97. The second kappa shape index (κ2) is 7.87. The smallest absolute Gasteiger partial charge is 0.257 e. The van der Waals surface area contributed by atoms with Crippen molar-refractivity contribution in [3.63, 3.8) is 0 Å². The summed E-state index contributed by atoms with van der Waals surface area (Å²) in [5, 5.41) is 1.26. The van der Waals surface area contributed by atoms with Gasteiger partial charge in [0.2, 0.25) is 6.79 Å². The third kappa shape index (κ3) is 3.09. The second-order valence-corrected chi connectivity index (χ2v) is 8.57. The molecule has 6 rings (SSSR count). The number of ether oxygens (including phenoxy) is 3. The molecule has 2 aromatic carbocycles. The van der Waals surface area contributed by atoms with E-state index in [1.54, 1.807) is 7.11 Å². The molecule has 3 aliphatic heterocycles. The van der Waals surface area contributed by atoms with E-state index in [0.29, 0.717) is 6.79 Å². The number of rotatable bonds is 4. The number of pyridine rings is 1. The fraction of sp³-hybridized carbons (Fsp3) is 0.320. The third-order valence-corrected chi connectivity index (χ3v) is 6.49. The predicted octanol–water partition coefficient (Wildman–Crippen LogP) is 0.304. The molecule has 0 aliphatic carbocycles. The van der Waals surface area contributed by atoms with Crippen molar-refractivity contribution in [1.82, 2.24) is 4.90 Å². The summed E-state index contributed by atoms with van der Waals surface area (Å²) in [5.41, 5.74) is 7.40. The molecule has 0 unspecified atom stereocenters. The molecular weight excluding hydrogens is 426 g/mol. The molecule has 0 fully saturated rings. The number of benzene rings is 2. The lowest BCUT2D eigenvalue weighted by Crippen LogP contribution is -3.00. The number of likely N-dealkylation sites (N-methyl/N-ethyl adjacent to an activating group) is 1. The van der Waals surface area contributed by atoms with Gasteiger partial charge in [-0.15, -0.1) is 0 Å². The van der Waals surface area contributed by atoms with Crippen LogP contribution in [-0.4, -0.2) is 46.0 Å². The fourth-order valence-corrected chi connectivity index (χ4v) is 4.95. The van der Waals surface area contributed by atoms with Gasteiger partial charge in [-0.25, -0.2) is 0 Å². The van der Waals surface area contributed by atoms with E-state index in [4.69, 9.17) is 14.2 Å². The van der Waals surface area contributed by atoms with Crippen molar-refractivity contribution in [3.8, 4) is 17.2 Å². The van der Waals surface area contributed by atoms with Gasteiger partial charge in [0.1, 0.15) is 0 Å². The van der Waals surface area contributed by atoms with E-state index in [9.17, 15) is 0 Å². The summed E-state index contributed by atoms with van der Waals surface area (Å²) < 4.78 is 19.4. The lowest BCUT2D eigenvalue weighted by Gasteiger charge is -2.36. The summed E-state index contributed by atoms with van der Waals surface area (Å²) >= 11 is 0. The summed E-state index contributed by atoms with van der Waals surface area (Å²) in [4.78, 5) is 4.65. The minimum Gasteiger partial charge on any atom is -1.00 e. The zero-order valence-corrected chi connectivity index (χ0v) is 19.3. The van der Waals surface area contributed by atoms with Crippen LogP contribution < -0.4 is 36.1 Å². The second-order valence-electron chi connectivity index (χ2n) is 8.57. The standard InChI is InChI=1S/C25H26N3O3.ClH/c1-26(2)10-11-27-8-7-19-24-17(4-5-21(29-3)25(24)27)12-20-18-14-23-22(30-15-31-23)13-16(18)6-9-28(19)20;/h4-5,7-8,12-14H,6,9-11,15H2,1-3H3;1H/q+1;/p-1. The Bertz CT molecular complexity index is 1260. The van der Waals surface area contributed by atoms with E-state index in [1.807, 2.05) is 0 Å². The van der Waals surface area contributed by atoms with Gasteiger partial charge in [0, 0.05) is 23.9 Å². The molecule has 0 amide bonds. The molecule has 4 heterocycles.